The lowest BCUT2D eigenvalue weighted by Gasteiger charge is -2.14. The number of methoxy groups -OCH3 is 1. The van der Waals surface area contributed by atoms with Crippen LogP contribution in [0.2, 0.25) is 0 Å². The topological polar surface area (TPSA) is 61.3 Å². The van der Waals surface area contributed by atoms with Gasteiger partial charge in [0.25, 0.3) is 0 Å². The van der Waals surface area contributed by atoms with Crippen LogP contribution in [0.3, 0.4) is 0 Å². The van der Waals surface area contributed by atoms with Crippen molar-refractivity contribution in [1.29, 1.82) is 0 Å². The highest BCUT2D eigenvalue weighted by molar-refractivity contribution is 5.39. The third-order valence-electron chi connectivity index (χ3n) is 2.04. The molecule has 1 aromatic rings. The second-order valence-corrected chi connectivity index (χ2v) is 3.09. The Balaban J connectivity index is 3.07. The fourth-order valence-corrected chi connectivity index (χ4v) is 1.27. The molecule has 0 fully saturated rings. The standard InChI is InChI=1S/C10H16N2O/c1-7-3-4-10(13-2)8(5-7)9(12)6-11/h3-5,9H,6,11-12H2,1-2H3/t9-/m0/s1. The van der Waals surface area contributed by atoms with E-state index in [1.807, 2.05) is 25.1 Å². The van der Waals surface area contributed by atoms with Crippen molar-refractivity contribution in [3.63, 3.8) is 0 Å². The number of hydrogen-bond acceptors (Lipinski definition) is 3. The molecule has 0 aliphatic rings. The van der Waals surface area contributed by atoms with Crippen molar-refractivity contribution in [1.82, 2.24) is 0 Å². The largest absolute Gasteiger partial charge is 0.496 e. The van der Waals surface area contributed by atoms with Crippen molar-refractivity contribution >= 4 is 0 Å². The number of aryl methyl sites for hydroxylation is 1. The Kier molecular flexibility index (Phi) is 3.28. The van der Waals surface area contributed by atoms with Gasteiger partial charge in [0.2, 0.25) is 0 Å². The van der Waals surface area contributed by atoms with Gasteiger partial charge in [-0.1, -0.05) is 17.7 Å². The number of hydrogen-bond donors (Lipinski definition) is 2. The van der Waals surface area contributed by atoms with Gasteiger partial charge in [-0.25, -0.2) is 0 Å². The first-order valence-electron chi connectivity index (χ1n) is 4.29. The van der Waals surface area contributed by atoms with E-state index in [9.17, 15) is 0 Å². The van der Waals surface area contributed by atoms with Gasteiger partial charge in [-0.2, -0.15) is 0 Å². The molecule has 0 aliphatic heterocycles. The summed E-state index contributed by atoms with van der Waals surface area (Å²) in [6.45, 7) is 2.45. The van der Waals surface area contributed by atoms with E-state index in [0.717, 1.165) is 11.3 Å². The molecule has 0 saturated heterocycles. The molecule has 1 aromatic carbocycles. The Bertz CT molecular complexity index is 286. The molecule has 3 nitrogen and oxygen atoms in total. The summed E-state index contributed by atoms with van der Waals surface area (Å²) in [5.74, 6) is 0.809. The highest BCUT2D eigenvalue weighted by atomic mass is 16.5. The van der Waals surface area contributed by atoms with Crippen molar-refractivity contribution in [2.24, 2.45) is 11.5 Å². The maximum Gasteiger partial charge on any atom is 0.123 e. The quantitative estimate of drug-likeness (QED) is 0.728. The number of ether oxygens (including phenoxy) is 1. The van der Waals surface area contributed by atoms with E-state index in [4.69, 9.17) is 16.2 Å². The summed E-state index contributed by atoms with van der Waals surface area (Å²) < 4.78 is 5.19. The van der Waals surface area contributed by atoms with Crippen LogP contribution in [0.1, 0.15) is 17.2 Å². The van der Waals surface area contributed by atoms with E-state index in [-0.39, 0.29) is 6.04 Å². The highest BCUT2D eigenvalue weighted by Gasteiger charge is 2.09. The van der Waals surface area contributed by atoms with Crippen LogP contribution in [0, 0.1) is 6.92 Å². The smallest absolute Gasteiger partial charge is 0.123 e. The molecule has 0 aromatic heterocycles. The summed E-state index contributed by atoms with van der Waals surface area (Å²) in [5.41, 5.74) is 13.5. The summed E-state index contributed by atoms with van der Waals surface area (Å²) in [5, 5.41) is 0. The van der Waals surface area contributed by atoms with Crippen LogP contribution in [0.15, 0.2) is 18.2 Å². The van der Waals surface area contributed by atoms with E-state index in [0.29, 0.717) is 6.54 Å². The van der Waals surface area contributed by atoms with E-state index >= 15 is 0 Å². The molecule has 0 bridgehead atoms. The van der Waals surface area contributed by atoms with Gasteiger partial charge in [0, 0.05) is 18.2 Å². The van der Waals surface area contributed by atoms with Crippen molar-refractivity contribution in [3.8, 4) is 5.75 Å². The van der Waals surface area contributed by atoms with Crippen LogP contribution in [-0.4, -0.2) is 13.7 Å². The Morgan fingerprint density at radius 1 is 1.46 bits per heavy atom. The average molecular weight is 180 g/mol. The summed E-state index contributed by atoms with van der Waals surface area (Å²) >= 11 is 0. The molecule has 0 radical (unpaired) electrons. The zero-order valence-electron chi connectivity index (χ0n) is 8.08. The monoisotopic (exact) mass is 180 g/mol. The summed E-state index contributed by atoms with van der Waals surface area (Å²) in [7, 11) is 1.64. The first-order chi connectivity index (χ1) is 6.19. The average Bonchev–Trinajstić information content (AvgIpc) is 2.16. The summed E-state index contributed by atoms with van der Waals surface area (Å²) in [6.07, 6.45) is 0. The lowest BCUT2D eigenvalue weighted by atomic mass is 10.0. The molecule has 0 unspecified atom stereocenters. The normalized spacial score (nSPS) is 12.6. The van der Waals surface area contributed by atoms with Gasteiger partial charge in [0.1, 0.15) is 5.75 Å². The summed E-state index contributed by atoms with van der Waals surface area (Å²) in [6, 6.07) is 5.78. The molecule has 0 saturated carbocycles. The zero-order valence-corrected chi connectivity index (χ0v) is 8.08. The second-order valence-electron chi connectivity index (χ2n) is 3.09. The van der Waals surface area contributed by atoms with E-state index in [2.05, 4.69) is 0 Å². The second kappa shape index (κ2) is 4.25. The predicted octanol–water partition coefficient (Wildman–Crippen LogP) is 0.962. The zero-order chi connectivity index (χ0) is 9.84. The van der Waals surface area contributed by atoms with Gasteiger partial charge >= 0.3 is 0 Å². The SMILES string of the molecule is COc1ccc(C)cc1[C@@H](N)CN. The molecule has 0 heterocycles. The first kappa shape index (κ1) is 10.0. The molecule has 3 heteroatoms. The van der Waals surface area contributed by atoms with Gasteiger partial charge in [-0.3, -0.25) is 0 Å². The molecule has 4 N–H and O–H groups in total. The maximum absolute atomic E-state index is 5.83. The van der Waals surface area contributed by atoms with Crippen LogP contribution >= 0.6 is 0 Å². The van der Waals surface area contributed by atoms with Crippen molar-refractivity contribution < 1.29 is 4.74 Å². The molecule has 72 valence electrons. The van der Waals surface area contributed by atoms with Crippen molar-refractivity contribution in [2.45, 2.75) is 13.0 Å². The molecular formula is C10H16N2O. The Labute approximate surface area is 78.7 Å². The molecule has 0 spiro atoms. The Morgan fingerprint density at radius 3 is 2.69 bits per heavy atom. The van der Waals surface area contributed by atoms with Crippen LogP contribution in [-0.2, 0) is 0 Å². The Morgan fingerprint density at radius 2 is 2.15 bits per heavy atom. The molecule has 1 rings (SSSR count). The van der Waals surface area contributed by atoms with Gasteiger partial charge in [-0.05, 0) is 13.0 Å². The highest BCUT2D eigenvalue weighted by Crippen LogP contribution is 2.24. The first-order valence-corrected chi connectivity index (χ1v) is 4.29. The van der Waals surface area contributed by atoms with Crippen LogP contribution in [0.25, 0.3) is 0 Å². The number of nitrogens with two attached hydrogens (primary N) is 2. The van der Waals surface area contributed by atoms with Crippen LogP contribution in [0.5, 0.6) is 5.75 Å². The van der Waals surface area contributed by atoms with E-state index < -0.39 is 0 Å². The lowest BCUT2D eigenvalue weighted by molar-refractivity contribution is 0.406. The Hall–Kier alpha value is -1.06. The minimum Gasteiger partial charge on any atom is -0.496 e. The molecule has 1 atom stereocenters. The molecule has 0 aliphatic carbocycles. The fourth-order valence-electron chi connectivity index (χ4n) is 1.27. The fraction of sp³-hybridized carbons (Fsp3) is 0.400. The predicted molar refractivity (Wildman–Crippen MR) is 53.7 cm³/mol. The molecule has 13 heavy (non-hydrogen) atoms. The van der Waals surface area contributed by atoms with Crippen molar-refractivity contribution in [3.05, 3.63) is 29.3 Å². The number of rotatable bonds is 3. The third-order valence-corrected chi connectivity index (χ3v) is 2.04. The molecular weight excluding hydrogens is 164 g/mol. The van der Waals surface area contributed by atoms with Gasteiger partial charge < -0.3 is 16.2 Å². The van der Waals surface area contributed by atoms with Crippen LogP contribution in [0.4, 0.5) is 0 Å². The van der Waals surface area contributed by atoms with Crippen molar-refractivity contribution in [2.75, 3.05) is 13.7 Å². The van der Waals surface area contributed by atoms with Gasteiger partial charge in [0.05, 0.1) is 7.11 Å². The number of benzene rings is 1. The van der Waals surface area contributed by atoms with Crippen LogP contribution < -0.4 is 16.2 Å². The molecule has 0 amide bonds. The van der Waals surface area contributed by atoms with E-state index in [1.54, 1.807) is 7.11 Å². The van der Waals surface area contributed by atoms with Gasteiger partial charge in [0.15, 0.2) is 0 Å². The maximum atomic E-state index is 5.83. The van der Waals surface area contributed by atoms with E-state index in [1.165, 1.54) is 5.56 Å². The minimum absolute atomic E-state index is 0.144. The summed E-state index contributed by atoms with van der Waals surface area (Å²) in [4.78, 5) is 0. The minimum atomic E-state index is -0.144. The van der Waals surface area contributed by atoms with Gasteiger partial charge in [-0.15, -0.1) is 0 Å². The lowest BCUT2D eigenvalue weighted by Crippen LogP contribution is -2.21. The third kappa shape index (κ3) is 2.20.